The average Bonchev–Trinajstić information content (AvgIpc) is 2.57. The van der Waals surface area contributed by atoms with Crippen LogP contribution in [-0.2, 0) is 11.2 Å². The van der Waals surface area contributed by atoms with Gasteiger partial charge in [-0.25, -0.2) is 0 Å². The number of hydrogen-bond donors (Lipinski definition) is 1. The van der Waals surface area contributed by atoms with Crippen molar-refractivity contribution < 1.29 is 14.6 Å². The van der Waals surface area contributed by atoms with Gasteiger partial charge in [0.2, 0.25) is 5.91 Å². The first-order chi connectivity index (χ1) is 10.7. The molecule has 0 radical (unpaired) electrons. The Morgan fingerprint density at radius 3 is 2.36 bits per heavy atom. The second-order valence-electron chi connectivity index (χ2n) is 5.69. The molecule has 0 aromatic heterocycles. The number of carbonyl (C=O) groups excluding carboxylic acids is 1. The Morgan fingerprint density at radius 2 is 1.86 bits per heavy atom. The summed E-state index contributed by atoms with van der Waals surface area (Å²) in [5, 5.41) is 9.36. The molecule has 1 aliphatic heterocycles. The minimum absolute atomic E-state index is 0.168. The molecule has 1 atom stereocenters. The van der Waals surface area contributed by atoms with Gasteiger partial charge in [-0.2, -0.15) is 0 Å². The third-order valence-electron chi connectivity index (χ3n) is 4.38. The number of aliphatic hydroxyl groups is 1. The molecule has 1 saturated heterocycles. The molecule has 1 aromatic rings. The second kappa shape index (κ2) is 8.15. The molecule has 5 nitrogen and oxygen atoms in total. The summed E-state index contributed by atoms with van der Waals surface area (Å²) in [6, 6.07) is 7.86. The summed E-state index contributed by atoms with van der Waals surface area (Å²) in [6.07, 6.45) is 1.37. The van der Waals surface area contributed by atoms with Crippen molar-refractivity contribution in [1.82, 2.24) is 9.80 Å². The van der Waals surface area contributed by atoms with Crippen LogP contribution in [0, 0.1) is 0 Å². The Hall–Kier alpha value is -1.59. The Kier molecular flexibility index (Phi) is 6.21. The summed E-state index contributed by atoms with van der Waals surface area (Å²) < 4.78 is 5.12. The minimum atomic E-state index is 0.168. The van der Waals surface area contributed by atoms with Crippen LogP contribution in [-0.4, -0.2) is 66.8 Å². The van der Waals surface area contributed by atoms with E-state index in [0.29, 0.717) is 6.42 Å². The van der Waals surface area contributed by atoms with E-state index in [2.05, 4.69) is 11.8 Å². The van der Waals surface area contributed by atoms with Crippen LogP contribution >= 0.6 is 0 Å². The van der Waals surface area contributed by atoms with Gasteiger partial charge in [-0.05, 0) is 24.1 Å². The molecule has 1 aromatic carbocycles. The van der Waals surface area contributed by atoms with Crippen molar-refractivity contribution in [3.8, 4) is 5.75 Å². The van der Waals surface area contributed by atoms with Gasteiger partial charge in [-0.1, -0.05) is 19.1 Å². The molecular weight excluding hydrogens is 280 g/mol. The normalized spacial score (nSPS) is 17.3. The standard InChI is InChI=1S/C17H26N2O3/c1-3-15(13-20)18-8-10-19(11-9-18)17(21)12-14-4-6-16(22-2)7-5-14/h4-7,15,20H,3,8-13H2,1-2H3. The topological polar surface area (TPSA) is 53.0 Å². The highest BCUT2D eigenvalue weighted by Crippen LogP contribution is 2.14. The van der Waals surface area contributed by atoms with Crippen LogP contribution < -0.4 is 4.74 Å². The van der Waals surface area contributed by atoms with Gasteiger partial charge in [0.25, 0.3) is 0 Å². The van der Waals surface area contributed by atoms with E-state index in [4.69, 9.17) is 4.74 Å². The molecule has 1 N–H and O–H groups in total. The molecule has 2 rings (SSSR count). The molecule has 1 amide bonds. The van der Waals surface area contributed by atoms with Crippen molar-refractivity contribution in [3.05, 3.63) is 29.8 Å². The smallest absolute Gasteiger partial charge is 0.227 e. The molecule has 5 heteroatoms. The number of nitrogens with zero attached hydrogens (tertiary/aromatic N) is 2. The number of rotatable bonds is 6. The lowest BCUT2D eigenvalue weighted by atomic mass is 10.1. The van der Waals surface area contributed by atoms with Crippen molar-refractivity contribution >= 4 is 5.91 Å². The van der Waals surface area contributed by atoms with Gasteiger partial charge in [0, 0.05) is 32.2 Å². The fourth-order valence-electron chi connectivity index (χ4n) is 2.87. The van der Waals surface area contributed by atoms with Gasteiger partial charge < -0.3 is 14.7 Å². The number of benzene rings is 1. The van der Waals surface area contributed by atoms with Gasteiger partial charge in [-0.15, -0.1) is 0 Å². The maximum atomic E-state index is 12.4. The van der Waals surface area contributed by atoms with E-state index in [9.17, 15) is 9.90 Å². The first-order valence-electron chi connectivity index (χ1n) is 7.93. The predicted octanol–water partition coefficient (Wildman–Crippen LogP) is 1.15. The van der Waals surface area contributed by atoms with Gasteiger partial charge in [0.1, 0.15) is 5.75 Å². The first kappa shape index (κ1) is 16.8. The van der Waals surface area contributed by atoms with E-state index >= 15 is 0 Å². The van der Waals surface area contributed by atoms with Gasteiger partial charge in [-0.3, -0.25) is 9.69 Å². The summed E-state index contributed by atoms with van der Waals surface area (Å²) >= 11 is 0. The fraction of sp³-hybridized carbons (Fsp3) is 0.588. The van der Waals surface area contributed by atoms with Crippen LogP contribution in [0.5, 0.6) is 5.75 Å². The van der Waals surface area contributed by atoms with Crippen LogP contribution in [0.1, 0.15) is 18.9 Å². The van der Waals surface area contributed by atoms with Crippen molar-refractivity contribution in [1.29, 1.82) is 0 Å². The second-order valence-corrected chi connectivity index (χ2v) is 5.69. The predicted molar refractivity (Wildman–Crippen MR) is 86.0 cm³/mol. The van der Waals surface area contributed by atoms with Crippen molar-refractivity contribution in [3.63, 3.8) is 0 Å². The third-order valence-corrected chi connectivity index (χ3v) is 4.38. The number of amides is 1. The largest absolute Gasteiger partial charge is 0.497 e. The van der Waals surface area contributed by atoms with E-state index in [1.807, 2.05) is 29.2 Å². The number of hydrogen-bond acceptors (Lipinski definition) is 4. The summed E-state index contributed by atoms with van der Waals surface area (Å²) in [7, 11) is 1.63. The van der Waals surface area contributed by atoms with Crippen LogP contribution in [0.15, 0.2) is 24.3 Å². The molecule has 0 spiro atoms. The highest BCUT2D eigenvalue weighted by atomic mass is 16.5. The Bertz CT molecular complexity index is 463. The lowest BCUT2D eigenvalue weighted by Gasteiger charge is -2.38. The quantitative estimate of drug-likeness (QED) is 0.857. The van der Waals surface area contributed by atoms with E-state index in [1.165, 1.54) is 0 Å². The Balaban J connectivity index is 1.84. The zero-order valence-corrected chi connectivity index (χ0v) is 13.5. The van der Waals surface area contributed by atoms with Gasteiger partial charge in [0.15, 0.2) is 0 Å². The average molecular weight is 306 g/mol. The number of piperazine rings is 1. The van der Waals surface area contributed by atoms with Crippen molar-refractivity contribution in [2.24, 2.45) is 0 Å². The molecule has 1 unspecified atom stereocenters. The number of aliphatic hydroxyl groups excluding tert-OH is 1. The summed E-state index contributed by atoms with van der Waals surface area (Å²) in [6.45, 7) is 5.44. The Morgan fingerprint density at radius 1 is 1.23 bits per heavy atom. The van der Waals surface area contributed by atoms with Crippen LogP contribution in [0.3, 0.4) is 0 Å². The Labute approximate surface area is 132 Å². The van der Waals surface area contributed by atoms with E-state index in [-0.39, 0.29) is 18.6 Å². The van der Waals surface area contributed by atoms with E-state index < -0.39 is 0 Å². The highest BCUT2D eigenvalue weighted by Gasteiger charge is 2.24. The number of methoxy groups -OCH3 is 1. The third kappa shape index (κ3) is 4.21. The molecular formula is C17H26N2O3. The highest BCUT2D eigenvalue weighted by molar-refractivity contribution is 5.78. The van der Waals surface area contributed by atoms with Crippen LogP contribution in [0.4, 0.5) is 0 Å². The van der Waals surface area contributed by atoms with Crippen LogP contribution in [0.25, 0.3) is 0 Å². The molecule has 0 bridgehead atoms. The fourth-order valence-corrected chi connectivity index (χ4v) is 2.87. The summed E-state index contributed by atoms with van der Waals surface area (Å²) in [5.41, 5.74) is 1.01. The van der Waals surface area contributed by atoms with E-state index in [1.54, 1.807) is 7.11 Å². The van der Waals surface area contributed by atoms with Crippen molar-refractivity contribution in [2.45, 2.75) is 25.8 Å². The van der Waals surface area contributed by atoms with Crippen LogP contribution in [0.2, 0.25) is 0 Å². The molecule has 1 aliphatic rings. The number of ether oxygens (including phenoxy) is 1. The molecule has 1 heterocycles. The first-order valence-corrected chi connectivity index (χ1v) is 7.93. The molecule has 1 fully saturated rings. The monoisotopic (exact) mass is 306 g/mol. The lowest BCUT2D eigenvalue weighted by Crippen LogP contribution is -2.53. The molecule has 0 saturated carbocycles. The maximum Gasteiger partial charge on any atom is 0.227 e. The molecule has 122 valence electrons. The maximum absolute atomic E-state index is 12.4. The zero-order valence-electron chi connectivity index (χ0n) is 13.5. The van der Waals surface area contributed by atoms with Crippen molar-refractivity contribution in [2.75, 3.05) is 39.9 Å². The van der Waals surface area contributed by atoms with Gasteiger partial charge in [0.05, 0.1) is 20.1 Å². The SMILES string of the molecule is CCC(CO)N1CCN(C(=O)Cc2ccc(OC)cc2)CC1. The lowest BCUT2D eigenvalue weighted by molar-refractivity contribution is -0.132. The zero-order chi connectivity index (χ0) is 15.9. The van der Waals surface area contributed by atoms with Gasteiger partial charge >= 0.3 is 0 Å². The summed E-state index contributed by atoms with van der Waals surface area (Å²) in [5.74, 6) is 0.973. The molecule has 22 heavy (non-hydrogen) atoms. The number of carbonyl (C=O) groups is 1. The molecule has 0 aliphatic carbocycles. The summed E-state index contributed by atoms with van der Waals surface area (Å²) in [4.78, 5) is 16.6. The minimum Gasteiger partial charge on any atom is -0.497 e. The van der Waals surface area contributed by atoms with E-state index in [0.717, 1.165) is 43.9 Å².